The summed E-state index contributed by atoms with van der Waals surface area (Å²) in [4.78, 5) is 23.7. The number of anilines is 1. The van der Waals surface area contributed by atoms with Crippen LogP contribution in [0.3, 0.4) is 0 Å². The number of benzene rings is 1. The van der Waals surface area contributed by atoms with Crippen LogP contribution in [0.15, 0.2) is 47.5 Å². The molecule has 4 rings (SSSR count). The summed E-state index contributed by atoms with van der Waals surface area (Å²) in [6.45, 7) is 0.886. The van der Waals surface area contributed by atoms with E-state index in [9.17, 15) is 4.79 Å². The molecule has 0 radical (unpaired) electrons. The number of aromatic nitrogens is 3. The van der Waals surface area contributed by atoms with Crippen molar-refractivity contribution in [1.82, 2.24) is 14.5 Å². The Morgan fingerprint density at radius 1 is 1.25 bits per heavy atom. The summed E-state index contributed by atoms with van der Waals surface area (Å²) in [5.41, 5.74) is 1.67. The van der Waals surface area contributed by atoms with Gasteiger partial charge in [0.2, 0.25) is 0 Å². The summed E-state index contributed by atoms with van der Waals surface area (Å²) in [6, 6.07) is 9.43. The molecule has 3 aromatic rings. The first kappa shape index (κ1) is 15.1. The number of para-hydroxylation sites is 1. The Kier molecular flexibility index (Phi) is 3.73. The smallest absolute Gasteiger partial charge is 0.261 e. The molecule has 0 amide bonds. The highest BCUT2D eigenvalue weighted by Crippen LogP contribution is 2.38. The molecule has 1 aromatic carbocycles. The first-order valence-electron chi connectivity index (χ1n) is 7.98. The van der Waals surface area contributed by atoms with Crippen molar-refractivity contribution in [2.45, 2.75) is 18.9 Å². The average Bonchev–Trinajstić information content (AvgIpc) is 3.08. The van der Waals surface area contributed by atoms with Gasteiger partial charge < -0.3 is 4.90 Å². The molecule has 0 N–H and O–H groups in total. The minimum atomic E-state index is -0.0109. The van der Waals surface area contributed by atoms with E-state index in [1.54, 1.807) is 24.0 Å². The van der Waals surface area contributed by atoms with Crippen LogP contribution < -0.4 is 10.5 Å². The van der Waals surface area contributed by atoms with Gasteiger partial charge >= 0.3 is 0 Å². The Balaban J connectivity index is 1.86. The number of halogens is 1. The zero-order valence-corrected chi connectivity index (χ0v) is 14.1. The predicted molar refractivity (Wildman–Crippen MR) is 95.6 cm³/mol. The fraction of sp³-hybridized carbons (Fsp3) is 0.278. The maximum absolute atomic E-state index is 12.7. The van der Waals surface area contributed by atoms with Crippen LogP contribution >= 0.6 is 11.6 Å². The average molecular weight is 341 g/mol. The maximum atomic E-state index is 12.7. The van der Waals surface area contributed by atoms with E-state index >= 15 is 0 Å². The lowest BCUT2D eigenvalue weighted by Crippen LogP contribution is -2.31. The molecular formula is C18H17ClN4O. The molecule has 3 heterocycles. The van der Waals surface area contributed by atoms with E-state index in [2.05, 4.69) is 9.88 Å². The van der Waals surface area contributed by atoms with Crippen LogP contribution in [0, 0.1) is 0 Å². The first-order chi connectivity index (χ1) is 11.7. The number of hydrogen-bond donors (Lipinski definition) is 0. The van der Waals surface area contributed by atoms with Gasteiger partial charge in [-0.3, -0.25) is 14.3 Å². The van der Waals surface area contributed by atoms with Gasteiger partial charge in [0.05, 0.1) is 27.7 Å². The molecule has 122 valence electrons. The van der Waals surface area contributed by atoms with Crippen molar-refractivity contribution < 1.29 is 0 Å². The third kappa shape index (κ3) is 2.36. The SMILES string of the molecule is Cn1c(C2CCCN2c2ccncc2Cl)nc2ccccc2c1=O. The van der Waals surface area contributed by atoms with Crippen molar-refractivity contribution in [3.05, 3.63) is 63.9 Å². The van der Waals surface area contributed by atoms with Gasteiger partial charge in [-0.15, -0.1) is 0 Å². The Morgan fingerprint density at radius 3 is 2.92 bits per heavy atom. The second-order valence-corrected chi connectivity index (χ2v) is 6.44. The maximum Gasteiger partial charge on any atom is 0.261 e. The summed E-state index contributed by atoms with van der Waals surface area (Å²) < 4.78 is 1.67. The van der Waals surface area contributed by atoms with Crippen molar-refractivity contribution in [2.75, 3.05) is 11.4 Å². The molecule has 1 aliphatic rings. The second kappa shape index (κ2) is 5.91. The molecule has 1 aliphatic heterocycles. The summed E-state index contributed by atoms with van der Waals surface area (Å²) in [7, 11) is 1.79. The topological polar surface area (TPSA) is 51.0 Å². The van der Waals surface area contributed by atoms with Crippen LogP contribution in [0.4, 0.5) is 5.69 Å². The Labute approximate surface area is 144 Å². The zero-order valence-electron chi connectivity index (χ0n) is 13.3. The normalized spacial score (nSPS) is 17.6. The second-order valence-electron chi connectivity index (χ2n) is 6.03. The molecular weight excluding hydrogens is 324 g/mol. The van der Waals surface area contributed by atoms with Gasteiger partial charge in [0, 0.05) is 26.0 Å². The van der Waals surface area contributed by atoms with Gasteiger partial charge in [0.15, 0.2) is 0 Å². The highest BCUT2D eigenvalue weighted by Gasteiger charge is 2.31. The summed E-state index contributed by atoms with van der Waals surface area (Å²) in [5.74, 6) is 0.782. The lowest BCUT2D eigenvalue weighted by Gasteiger charge is -2.28. The molecule has 1 fully saturated rings. The largest absolute Gasteiger partial charge is 0.360 e. The highest BCUT2D eigenvalue weighted by molar-refractivity contribution is 6.33. The fourth-order valence-electron chi connectivity index (χ4n) is 3.46. The Morgan fingerprint density at radius 2 is 2.08 bits per heavy atom. The molecule has 0 spiro atoms. The van der Waals surface area contributed by atoms with Crippen molar-refractivity contribution in [3.8, 4) is 0 Å². The molecule has 1 unspecified atom stereocenters. The van der Waals surface area contributed by atoms with Crippen molar-refractivity contribution in [2.24, 2.45) is 7.05 Å². The number of fused-ring (bicyclic) bond motifs is 1. The summed E-state index contributed by atoms with van der Waals surface area (Å²) in [6.07, 6.45) is 5.37. The molecule has 0 saturated carbocycles. The standard InChI is InChI=1S/C18H17ClN4O/c1-22-17(21-14-6-3-2-5-12(14)18(22)24)16-7-4-10-23(16)15-8-9-20-11-13(15)19/h2-3,5-6,8-9,11,16H,4,7,10H2,1H3. The van der Waals surface area contributed by atoms with E-state index in [-0.39, 0.29) is 11.6 Å². The number of pyridine rings is 1. The van der Waals surface area contributed by atoms with Crippen LogP contribution in [0.2, 0.25) is 5.02 Å². The van der Waals surface area contributed by atoms with Crippen molar-refractivity contribution in [3.63, 3.8) is 0 Å². The number of hydrogen-bond acceptors (Lipinski definition) is 4. The lowest BCUT2D eigenvalue weighted by molar-refractivity contribution is 0.611. The van der Waals surface area contributed by atoms with Gasteiger partial charge in [-0.2, -0.15) is 0 Å². The molecule has 0 aliphatic carbocycles. The predicted octanol–water partition coefficient (Wildman–Crippen LogP) is 3.32. The summed E-state index contributed by atoms with van der Waals surface area (Å²) >= 11 is 6.33. The van der Waals surface area contributed by atoms with E-state index in [0.717, 1.165) is 36.4 Å². The molecule has 0 bridgehead atoms. The third-order valence-corrected chi connectivity index (χ3v) is 4.92. The third-order valence-electron chi connectivity index (χ3n) is 4.63. The minimum absolute atomic E-state index is 0.0109. The van der Waals surface area contributed by atoms with Crippen molar-refractivity contribution in [1.29, 1.82) is 0 Å². The molecule has 24 heavy (non-hydrogen) atoms. The Bertz CT molecular complexity index is 969. The van der Waals surface area contributed by atoms with E-state index in [1.807, 2.05) is 30.3 Å². The van der Waals surface area contributed by atoms with Crippen LogP contribution in [-0.4, -0.2) is 21.1 Å². The van der Waals surface area contributed by atoms with Gasteiger partial charge in [-0.25, -0.2) is 4.98 Å². The molecule has 2 aromatic heterocycles. The van der Waals surface area contributed by atoms with Crippen LogP contribution in [0.25, 0.3) is 10.9 Å². The van der Waals surface area contributed by atoms with Crippen LogP contribution in [0.1, 0.15) is 24.7 Å². The van der Waals surface area contributed by atoms with Gasteiger partial charge in [-0.05, 0) is 31.0 Å². The quantitative estimate of drug-likeness (QED) is 0.718. The highest BCUT2D eigenvalue weighted by atomic mass is 35.5. The molecule has 6 heteroatoms. The lowest BCUT2D eigenvalue weighted by atomic mass is 10.1. The fourth-order valence-corrected chi connectivity index (χ4v) is 3.69. The van der Waals surface area contributed by atoms with Gasteiger partial charge in [0.25, 0.3) is 5.56 Å². The number of nitrogens with zero attached hydrogens (tertiary/aromatic N) is 4. The van der Waals surface area contributed by atoms with Gasteiger partial charge in [-0.1, -0.05) is 23.7 Å². The van der Waals surface area contributed by atoms with E-state index in [0.29, 0.717) is 10.4 Å². The van der Waals surface area contributed by atoms with Crippen LogP contribution in [0.5, 0.6) is 0 Å². The molecule has 1 atom stereocenters. The van der Waals surface area contributed by atoms with Crippen LogP contribution in [-0.2, 0) is 7.05 Å². The number of rotatable bonds is 2. The van der Waals surface area contributed by atoms with Crippen molar-refractivity contribution >= 4 is 28.2 Å². The van der Waals surface area contributed by atoms with Gasteiger partial charge in [0.1, 0.15) is 5.82 Å². The first-order valence-corrected chi connectivity index (χ1v) is 8.36. The monoisotopic (exact) mass is 340 g/mol. The summed E-state index contributed by atoms with van der Waals surface area (Å²) in [5, 5.41) is 1.27. The molecule has 1 saturated heterocycles. The Hall–Kier alpha value is -2.40. The van der Waals surface area contributed by atoms with E-state index < -0.39 is 0 Å². The molecule has 5 nitrogen and oxygen atoms in total. The zero-order chi connectivity index (χ0) is 16.7. The van der Waals surface area contributed by atoms with E-state index in [1.165, 1.54) is 0 Å². The minimum Gasteiger partial charge on any atom is -0.360 e. The van der Waals surface area contributed by atoms with E-state index in [4.69, 9.17) is 16.6 Å².